The van der Waals surface area contributed by atoms with Gasteiger partial charge in [-0.15, -0.1) is 0 Å². The predicted molar refractivity (Wildman–Crippen MR) is 91.5 cm³/mol. The van der Waals surface area contributed by atoms with Gasteiger partial charge in [-0.3, -0.25) is 4.79 Å². The van der Waals surface area contributed by atoms with E-state index in [9.17, 15) is 9.59 Å². The summed E-state index contributed by atoms with van der Waals surface area (Å²) in [5.41, 5.74) is 2.68. The third-order valence-corrected chi connectivity index (χ3v) is 4.77. The number of hydrogen-bond donors (Lipinski definition) is 2. The zero-order chi connectivity index (χ0) is 16.4. The Morgan fingerprint density at radius 3 is 2.91 bits per heavy atom. The summed E-state index contributed by atoms with van der Waals surface area (Å²) in [4.78, 5) is 25.9. The van der Waals surface area contributed by atoms with E-state index in [-0.39, 0.29) is 11.9 Å². The first-order valence-electron chi connectivity index (χ1n) is 8.50. The van der Waals surface area contributed by atoms with Crippen LogP contribution in [0, 0.1) is 11.8 Å². The number of nitrogens with zero attached hydrogens (tertiary/aromatic N) is 1. The second kappa shape index (κ2) is 6.60. The van der Waals surface area contributed by atoms with Crippen LogP contribution in [0.3, 0.4) is 0 Å². The molecule has 5 heteroatoms. The lowest BCUT2D eigenvalue weighted by Crippen LogP contribution is -2.37. The van der Waals surface area contributed by atoms with E-state index in [0.29, 0.717) is 18.3 Å². The molecule has 2 N–H and O–H groups in total. The highest BCUT2D eigenvalue weighted by Gasteiger charge is 2.23. The van der Waals surface area contributed by atoms with Crippen LogP contribution < -0.4 is 10.6 Å². The molecule has 0 saturated carbocycles. The van der Waals surface area contributed by atoms with Crippen LogP contribution in [-0.2, 0) is 11.2 Å². The molecular weight excluding hydrogens is 290 g/mol. The SMILES string of the molecule is C[C@@H]1CCN(C(=O)Nc2ccc3c(c2)NC(=O)CC3)C[C@H](C)C1. The maximum atomic E-state index is 12.5. The van der Waals surface area contributed by atoms with E-state index in [1.54, 1.807) is 0 Å². The van der Waals surface area contributed by atoms with Crippen molar-refractivity contribution in [3.05, 3.63) is 23.8 Å². The van der Waals surface area contributed by atoms with Gasteiger partial charge in [-0.25, -0.2) is 4.79 Å². The lowest BCUT2D eigenvalue weighted by atomic mass is 9.97. The highest BCUT2D eigenvalue weighted by Crippen LogP contribution is 2.27. The fourth-order valence-corrected chi connectivity index (χ4v) is 3.56. The van der Waals surface area contributed by atoms with Crippen LogP contribution in [0.25, 0.3) is 0 Å². The summed E-state index contributed by atoms with van der Waals surface area (Å²) in [5.74, 6) is 1.24. The number of fused-ring (bicyclic) bond motifs is 1. The third kappa shape index (κ3) is 3.84. The average Bonchev–Trinajstić information content (AvgIpc) is 2.67. The van der Waals surface area contributed by atoms with Crippen molar-refractivity contribution in [1.29, 1.82) is 0 Å². The fourth-order valence-electron chi connectivity index (χ4n) is 3.56. The minimum Gasteiger partial charge on any atom is -0.326 e. The second-order valence-corrected chi connectivity index (χ2v) is 7.03. The maximum Gasteiger partial charge on any atom is 0.321 e. The number of carbonyl (C=O) groups is 2. The second-order valence-electron chi connectivity index (χ2n) is 7.03. The number of carbonyl (C=O) groups excluding carboxylic acids is 2. The quantitative estimate of drug-likeness (QED) is 0.833. The number of rotatable bonds is 1. The molecule has 2 atom stereocenters. The Morgan fingerprint density at radius 2 is 2.09 bits per heavy atom. The molecule has 0 spiro atoms. The molecule has 1 saturated heterocycles. The van der Waals surface area contributed by atoms with Gasteiger partial charge in [0.2, 0.25) is 5.91 Å². The van der Waals surface area contributed by atoms with Crippen molar-refractivity contribution in [2.75, 3.05) is 23.7 Å². The molecule has 2 aliphatic heterocycles. The van der Waals surface area contributed by atoms with Crippen LogP contribution in [0.5, 0.6) is 0 Å². The van der Waals surface area contributed by atoms with Crippen molar-refractivity contribution in [3.8, 4) is 0 Å². The van der Waals surface area contributed by atoms with Gasteiger partial charge in [0, 0.05) is 30.9 Å². The predicted octanol–water partition coefficient (Wildman–Crippen LogP) is 3.47. The summed E-state index contributed by atoms with van der Waals surface area (Å²) in [6.07, 6.45) is 3.52. The van der Waals surface area contributed by atoms with Crippen molar-refractivity contribution in [2.45, 2.75) is 39.5 Å². The maximum absolute atomic E-state index is 12.5. The highest BCUT2D eigenvalue weighted by atomic mass is 16.2. The molecule has 23 heavy (non-hydrogen) atoms. The largest absolute Gasteiger partial charge is 0.326 e. The molecule has 0 aliphatic carbocycles. The Hall–Kier alpha value is -2.04. The van der Waals surface area contributed by atoms with Crippen LogP contribution >= 0.6 is 0 Å². The van der Waals surface area contributed by atoms with E-state index in [0.717, 1.165) is 42.9 Å². The average molecular weight is 315 g/mol. The van der Waals surface area contributed by atoms with Crippen molar-refractivity contribution in [2.24, 2.45) is 11.8 Å². The van der Waals surface area contributed by atoms with Crippen molar-refractivity contribution < 1.29 is 9.59 Å². The Balaban J connectivity index is 1.68. The molecule has 3 rings (SSSR count). The molecule has 124 valence electrons. The standard InChI is InChI=1S/C18H25N3O2/c1-12-7-8-21(11-13(2)9-12)18(23)19-15-5-3-14-4-6-17(22)20-16(14)10-15/h3,5,10,12-13H,4,6-9,11H2,1-2H3,(H,19,23)(H,20,22)/t12-,13-/m1/s1. The molecule has 1 aromatic rings. The molecule has 0 unspecified atom stereocenters. The van der Waals surface area contributed by atoms with Crippen LogP contribution in [0.1, 0.15) is 38.7 Å². The summed E-state index contributed by atoms with van der Waals surface area (Å²) in [5, 5.41) is 5.85. The van der Waals surface area contributed by atoms with Gasteiger partial charge >= 0.3 is 6.03 Å². The molecule has 0 radical (unpaired) electrons. The Morgan fingerprint density at radius 1 is 1.26 bits per heavy atom. The van der Waals surface area contributed by atoms with E-state index >= 15 is 0 Å². The molecule has 0 aromatic heterocycles. The molecule has 0 bridgehead atoms. The van der Waals surface area contributed by atoms with Gasteiger partial charge in [0.25, 0.3) is 0 Å². The number of nitrogens with one attached hydrogen (secondary N) is 2. The monoisotopic (exact) mass is 315 g/mol. The lowest BCUT2D eigenvalue weighted by molar-refractivity contribution is -0.116. The van der Waals surface area contributed by atoms with Crippen molar-refractivity contribution in [1.82, 2.24) is 4.90 Å². The Labute approximate surface area is 137 Å². The molecule has 2 heterocycles. The molecule has 1 aromatic carbocycles. The van der Waals surface area contributed by atoms with E-state index in [2.05, 4.69) is 24.5 Å². The number of aryl methyl sites for hydroxylation is 1. The zero-order valence-electron chi connectivity index (χ0n) is 13.9. The van der Waals surface area contributed by atoms with Gasteiger partial charge in [-0.2, -0.15) is 0 Å². The first-order valence-corrected chi connectivity index (χ1v) is 8.50. The van der Waals surface area contributed by atoms with Crippen LogP contribution in [0.2, 0.25) is 0 Å². The third-order valence-electron chi connectivity index (χ3n) is 4.77. The van der Waals surface area contributed by atoms with Gasteiger partial charge in [-0.1, -0.05) is 19.9 Å². The number of anilines is 2. The Kier molecular flexibility index (Phi) is 4.55. The first-order chi connectivity index (χ1) is 11.0. The van der Waals surface area contributed by atoms with Gasteiger partial charge in [0.1, 0.15) is 0 Å². The minimum absolute atomic E-state index is 0.0382. The molecular formula is C18H25N3O2. The molecule has 1 fully saturated rings. The van der Waals surface area contributed by atoms with Gasteiger partial charge in [0.15, 0.2) is 0 Å². The van der Waals surface area contributed by atoms with Gasteiger partial charge in [-0.05, 0) is 48.8 Å². The minimum atomic E-state index is -0.0481. The lowest BCUT2D eigenvalue weighted by Gasteiger charge is -2.24. The fraction of sp³-hybridized carbons (Fsp3) is 0.556. The van der Waals surface area contributed by atoms with Gasteiger partial charge < -0.3 is 15.5 Å². The normalized spacial score (nSPS) is 24.4. The first kappa shape index (κ1) is 15.8. The van der Waals surface area contributed by atoms with E-state index in [1.165, 1.54) is 6.42 Å². The number of likely N-dealkylation sites (tertiary alicyclic amines) is 1. The Bertz CT molecular complexity index is 614. The summed E-state index contributed by atoms with van der Waals surface area (Å²) >= 11 is 0. The summed E-state index contributed by atoms with van der Waals surface area (Å²) in [7, 11) is 0. The van der Waals surface area contributed by atoms with Crippen molar-refractivity contribution in [3.63, 3.8) is 0 Å². The molecule has 3 amide bonds. The zero-order valence-corrected chi connectivity index (χ0v) is 13.9. The number of benzene rings is 1. The molecule has 5 nitrogen and oxygen atoms in total. The van der Waals surface area contributed by atoms with E-state index in [1.807, 2.05) is 23.1 Å². The number of amides is 3. The van der Waals surface area contributed by atoms with Crippen LogP contribution in [-0.4, -0.2) is 29.9 Å². The smallest absolute Gasteiger partial charge is 0.321 e. The number of urea groups is 1. The molecule has 2 aliphatic rings. The summed E-state index contributed by atoms with van der Waals surface area (Å²) in [6.45, 7) is 6.07. The van der Waals surface area contributed by atoms with Crippen LogP contribution in [0.4, 0.5) is 16.2 Å². The number of hydrogen-bond acceptors (Lipinski definition) is 2. The summed E-state index contributed by atoms with van der Waals surface area (Å²) < 4.78 is 0. The topological polar surface area (TPSA) is 61.4 Å². The highest BCUT2D eigenvalue weighted by molar-refractivity contribution is 5.96. The van der Waals surface area contributed by atoms with Crippen molar-refractivity contribution >= 4 is 23.3 Å². The van der Waals surface area contributed by atoms with Crippen LogP contribution in [0.15, 0.2) is 18.2 Å². The van der Waals surface area contributed by atoms with E-state index < -0.39 is 0 Å². The summed E-state index contributed by atoms with van der Waals surface area (Å²) in [6, 6.07) is 5.71. The van der Waals surface area contributed by atoms with Gasteiger partial charge in [0.05, 0.1) is 0 Å². The van der Waals surface area contributed by atoms with E-state index in [4.69, 9.17) is 0 Å².